The highest BCUT2D eigenvalue weighted by Gasteiger charge is 2.43. The second-order valence-corrected chi connectivity index (χ2v) is 6.55. The van der Waals surface area contributed by atoms with Gasteiger partial charge in [-0.3, -0.25) is 9.36 Å². The molecule has 2 N–H and O–H groups in total. The largest absolute Gasteiger partial charge is 0.455 e. The van der Waals surface area contributed by atoms with Gasteiger partial charge in [-0.05, 0) is 6.40 Å². The lowest BCUT2D eigenvalue weighted by Crippen LogP contribution is -2.52. The van der Waals surface area contributed by atoms with Crippen molar-refractivity contribution >= 4 is 23.0 Å². The average Bonchev–Trinajstić information content (AvgIpc) is 3.09. The summed E-state index contributed by atoms with van der Waals surface area (Å²) in [7, 11) is 3.65. The van der Waals surface area contributed by atoms with Crippen molar-refractivity contribution < 1.29 is 25.9 Å². The minimum atomic E-state index is -1.35. The van der Waals surface area contributed by atoms with Crippen LogP contribution in [0, 0.1) is 0 Å². The Morgan fingerprint density at radius 3 is 2.93 bits per heavy atom. The van der Waals surface area contributed by atoms with E-state index in [1.54, 1.807) is 16.4 Å². The summed E-state index contributed by atoms with van der Waals surface area (Å²) in [6.45, 7) is 1.66. The molecule has 10 heteroatoms. The number of imidazole rings is 1. The number of hydrogen-bond acceptors (Lipinski definition) is 9. The van der Waals surface area contributed by atoms with Crippen LogP contribution >= 0.6 is 0 Å². The van der Waals surface area contributed by atoms with Gasteiger partial charge in [0.15, 0.2) is 29.3 Å². The van der Waals surface area contributed by atoms with E-state index in [4.69, 9.17) is 10.8 Å². The van der Waals surface area contributed by atoms with Gasteiger partial charge in [-0.2, -0.15) is 0 Å². The lowest BCUT2D eigenvalue weighted by Gasteiger charge is -2.38. The Bertz CT molecular complexity index is 831. The Labute approximate surface area is 158 Å². The van der Waals surface area contributed by atoms with Gasteiger partial charge < -0.3 is 24.6 Å². The monoisotopic (exact) mass is 380 g/mol. The number of carbonyl (C=O) groups is 1. The van der Waals surface area contributed by atoms with Crippen molar-refractivity contribution in [1.29, 1.82) is 0 Å². The maximum atomic E-state index is 12.2. The summed E-state index contributed by atoms with van der Waals surface area (Å²) in [5.74, 6) is -0.0321. The van der Waals surface area contributed by atoms with E-state index in [0.29, 0.717) is 23.4 Å². The highest BCUT2D eigenvalue weighted by Crippen LogP contribution is 2.31. The molecule has 1 aliphatic rings. The Balaban J connectivity index is 1.93. The molecule has 27 heavy (non-hydrogen) atoms. The molecule has 5 atom stereocenters. The van der Waals surface area contributed by atoms with Crippen LogP contribution in [0.4, 0.5) is 5.82 Å². The minimum Gasteiger partial charge on any atom is -0.455 e. The number of carbonyl (C=O) groups excluding carboxylic acids is 1. The van der Waals surface area contributed by atoms with Gasteiger partial charge in [0, 0.05) is 21.9 Å². The molecule has 0 amide bonds. The van der Waals surface area contributed by atoms with Crippen LogP contribution in [0.2, 0.25) is 0 Å². The van der Waals surface area contributed by atoms with Crippen LogP contribution in [0.25, 0.3) is 11.2 Å². The molecule has 10 nitrogen and oxygen atoms in total. The molecule has 3 rings (SSSR count). The summed E-state index contributed by atoms with van der Waals surface area (Å²) in [4.78, 5) is 26.8. The fourth-order valence-electron chi connectivity index (χ4n) is 2.96. The van der Waals surface area contributed by atoms with Gasteiger partial charge in [-0.25, -0.2) is 15.0 Å². The molecule has 0 bridgehead atoms. The Kier molecular flexibility index (Phi) is 5.46. The molecule has 2 unspecified atom stereocenters. The molecular formula is C17H25N5O5. The van der Waals surface area contributed by atoms with E-state index >= 15 is 0 Å². The molecule has 3 heterocycles. The van der Waals surface area contributed by atoms with Crippen molar-refractivity contribution in [2.24, 2.45) is 0 Å². The maximum absolute atomic E-state index is 12.2. The van der Waals surface area contributed by atoms with Gasteiger partial charge in [0.2, 0.25) is 0 Å². The van der Waals surface area contributed by atoms with Gasteiger partial charge >= 0.3 is 5.97 Å². The molecule has 1 saturated heterocycles. The summed E-state index contributed by atoms with van der Waals surface area (Å²) < 4.78 is 20.4. The van der Waals surface area contributed by atoms with Crippen LogP contribution in [0.5, 0.6) is 0 Å². The zero-order valence-corrected chi connectivity index (χ0v) is 15.5. The Morgan fingerprint density at radius 1 is 1.44 bits per heavy atom. The van der Waals surface area contributed by atoms with Gasteiger partial charge in [-0.15, -0.1) is 0 Å². The molecule has 0 aromatic carbocycles. The molecule has 0 saturated carbocycles. The van der Waals surface area contributed by atoms with Crippen molar-refractivity contribution in [2.75, 3.05) is 25.6 Å². The van der Waals surface area contributed by atoms with Crippen LogP contribution in [-0.2, 0) is 14.3 Å². The zero-order valence-electron chi connectivity index (χ0n) is 16.5. The number of aliphatic hydroxyl groups is 2. The van der Waals surface area contributed by atoms with E-state index in [1.807, 2.05) is 14.1 Å². The van der Waals surface area contributed by atoms with Crippen molar-refractivity contribution in [3.63, 3.8) is 0 Å². The number of anilines is 1. The molecule has 2 aromatic rings. The highest BCUT2D eigenvalue weighted by atomic mass is 16.6. The van der Waals surface area contributed by atoms with Crippen LogP contribution in [0.3, 0.4) is 0 Å². The average molecular weight is 380 g/mol. The summed E-state index contributed by atoms with van der Waals surface area (Å²) in [6, 6.07) is 0. The number of hydrogen-bond donors (Lipinski definition) is 2. The number of ether oxygens (including phenoxy) is 2. The second kappa shape index (κ2) is 8.15. The number of fused-ring (bicyclic) bond motifs is 1. The summed E-state index contributed by atoms with van der Waals surface area (Å²) in [5.41, 5.74) is 0.972. The third kappa shape index (κ3) is 3.87. The van der Waals surface area contributed by atoms with Crippen molar-refractivity contribution in [3.8, 4) is 0 Å². The maximum Gasteiger partial charge on any atom is 0.306 e. The van der Waals surface area contributed by atoms with Crippen molar-refractivity contribution in [1.82, 2.24) is 19.5 Å². The van der Waals surface area contributed by atoms with Crippen molar-refractivity contribution in [2.45, 2.75) is 50.7 Å². The molecule has 0 radical (unpaired) electrons. The standard InChI is InChI=1S/C17H25N5O5/c1-4-5-6-11(24)27-14-13(25)10(23)7-26-17(14)22-9-20-12-15(21(2)3)18-8-19-16(12)22/h8-10,13-14,17,23,25H,4-7H2,1-3H3/t10-,13-,14+,17?/m1/s1/i5D/t5?,10-,13-,14+,17?. The number of esters is 1. The predicted molar refractivity (Wildman–Crippen MR) is 96.1 cm³/mol. The lowest BCUT2D eigenvalue weighted by molar-refractivity contribution is -0.225. The van der Waals surface area contributed by atoms with E-state index in [2.05, 4.69) is 15.0 Å². The zero-order chi connectivity index (χ0) is 20.4. The summed E-state index contributed by atoms with van der Waals surface area (Å²) >= 11 is 0. The van der Waals surface area contributed by atoms with Crippen molar-refractivity contribution in [3.05, 3.63) is 12.7 Å². The fourth-order valence-corrected chi connectivity index (χ4v) is 2.96. The van der Waals surface area contributed by atoms with Gasteiger partial charge in [0.25, 0.3) is 0 Å². The molecule has 1 aliphatic heterocycles. The van der Waals surface area contributed by atoms with E-state index in [9.17, 15) is 15.0 Å². The normalized spacial score (nSPS) is 27.2. The van der Waals surface area contributed by atoms with Crippen LogP contribution in [-0.4, -0.2) is 74.7 Å². The Hall–Kier alpha value is -2.30. The molecule has 148 valence electrons. The number of rotatable bonds is 6. The fraction of sp³-hybridized carbons (Fsp3) is 0.647. The first-order valence-electron chi connectivity index (χ1n) is 9.35. The molecule has 2 aromatic heterocycles. The number of nitrogens with zero attached hydrogens (tertiary/aromatic N) is 5. The van der Waals surface area contributed by atoms with E-state index in [-0.39, 0.29) is 13.0 Å². The van der Waals surface area contributed by atoms with Crippen LogP contribution < -0.4 is 4.90 Å². The first-order chi connectivity index (χ1) is 13.3. The smallest absolute Gasteiger partial charge is 0.306 e. The van der Waals surface area contributed by atoms with E-state index < -0.39 is 36.9 Å². The van der Waals surface area contributed by atoms with E-state index in [1.165, 1.54) is 12.7 Å². The predicted octanol–water partition coefficient (Wildman–Crippen LogP) is 0.245. The quantitative estimate of drug-likeness (QED) is 0.679. The number of aromatic nitrogens is 4. The summed E-state index contributed by atoms with van der Waals surface area (Å²) in [6.07, 6.45) is -1.99. The lowest BCUT2D eigenvalue weighted by atomic mass is 10.0. The molecular weight excluding hydrogens is 354 g/mol. The third-order valence-corrected chi connectivity index (χ3v) is 4.35. The van der Waals surface area contributed by atoms with Gasteiger partial charge in [0.05, 0.1) is 12.9 Å². The van der Waals surface area contributed by atoms with Gasteiger partial charge in [0.1, 0.15) is 18.5 Å². The first-order valence-corrected chi connectivity index (χ1v) is 8.77. The topological polar surface area (TPSA) is 123 Å². The van der Waals surface area contributed by atoms with E-state index in [0.717, 1.165) is 0 Å². The third-order valence-electron chi connectivity index (χ3n) is 4.35. The van der Waals surface area contributed by atoms with Crippen LogP contribution in [0.1, 0.15) is 33.8 Å². The second-order valence-electron chi connectivity index (χ2n) is 6.55. The molecule has 1 fully saturated rings. The first kappa shape index (κ1) is 18.1. The highest BCUT2D eigenvalue weighted by molar-refractivity contribution is 5.83. The summed E-state index contributed by atoms with van der Waals surface area (Å²) in [5, 5.41) is 20.4. The molecule has 0 spiro atoms. The minimum absolute atomic E-state index is 0.111. The number of aliphatic hydroxyl groups excluding tert-OH is 2. The van der Waals surface area contributed by atoms with Crippen LogP contribution in [0.15, 0.2) is 12.7 Å². The van der Waals surface area contributed by atoms with Gasteiger partial charge in [-0.1, -0.05) is 13.3 Å². The SMILES string of the molecule is [2H]C(CC)CC(=O)O[C@@H]1C(n2cnc3c(N(C)C)ncnc32)OC[C@@H](O)[C@H]1O. The Morgan fingerprint density at radius 2 is 2.22 bits per heavy atom. The molecule has 0 aliphatic carbocycles.